The summed E-state index contributed by atoms with van der Waals surface area (Å²) in [6, 6.07) is 0.678. The molecule has 0 unspecified atom stereocenters. The Balaban J connectivity index is 2.42. The van der Waals surface area contributed by atoms with Crippen LogP contribution < -0.4 is 0 Å². The van der Waals surface area contributed by atoms with Crippen LogP contribution in [0.25, 0.3) is 0 Å². The minimum Gasteiger partial charge on any atom is -0.306 e. The van der Waals surface area contributed by atoms with E-state index in [9.17, 15) is 0 Å². The molecule has 0 atom stereocenters. The second-order valence-electron chi connectivity index (χ2n) is 5.76. The summed E-state index contributed by atoms with van der Waals surface area (Å²) < 4.78 is 1.32. The van der Waals surface area contributed by atoms with Crippen molar-refractivity contribution in [3.8, 4) is 0 Å². The molecule has 1 fully saturated rings. The Morgan fingerprint density at radius 2 is 1.88 bits per heavy atom. The van der Waals surface area contributed by atoms with E-state index in [-0.39, 0.29) is 0 Å². The second kappa shape index (κ2) is 6.55. The molecule has 1 heterocycles. The molecule has 3 heteroatoms. The highest BCUT2D eigenvalue weighted by Crippen LogP contribution is 2.36. The smallest absolute Gasteiger partial charge is 0.00534 e. The lowest BCUT2D eigenvalue weighted by molar-refractivity contribution is 0.118. The van der Waals surface area contributed by atoms with Gasteiger partial charge >= 0.3 is 0 Å². The molecule has 16 heavy (non-hydrogen) atoms. The molecule has 0 saturated carbocycles. The number of hydrogen-bond acceptors (Lipinski definition) is 2. The topological polar surface area (TPSA) is 6.48 Å². The first-order valence-corrected chi connectivity index (χ1v) is 7.96. The van der Waals surface area contributed by atoms with Gasteiger partial charge in [0.1, 0.15) is 0 Å². The summed E-state index contributed by atoms with van der Waals surface area (Å²) in [4.78, 5) is 4.95. The fourth-order valence-electron chi connectivity index (χ4n) is 2.22. The van der Waals surface area contributed by atoms with Crippen molar-refractivity contribution in [1.29, 1.82) is 0 Å². The standard InChI is InChI=1S/C13H27IN2/c1-12(2)16(4)10-7-13(11-14)5-8-15(3)9-6-13/h12H,5-11H2,1-4H3. The fraction of sp³-hybridized carbons (Fsp3) is 1.00. The van der Waals surface area contributed by atoms with Crippen LogP contribution in [0.15, 0.2) is 0 Å². The van der Waals surface area contributed by atoms with Crippen molar-refractivity contribution in [3.05, 3.63) is 0 Å². The Morgan fingerprint density at radius 1 is 1.31 bits per heavy atom. The maximum Gasteiger partial charge on any atom is 0.00534 e. The van der Waals surface area contributed by atoms with Gasteiger partial charge in [-0.15, -0.1) is 0 Å². The highest BCUT2D eigenvalue weighted by Gasteiger charge is 2.32. The molecule has 0 aromatic carbocycles. The van der Waals surface area contributed by atoms with E-state index in [2.05, 4.69) is 60.3 Å². The van der Waals surface area contributed by atoms with Gasteiger partial charge in [-0.1, -0.05) is 22.6 Å². The molecule has 0 aromatic rings. The van der Waals surface area contributed by atoms with Crippen LogP contribution in [-0.4, -0.2) is 54.0 Å². The molecule has 0 aliphatic carbocycles. The number of hydrogen-bond donors (Lipinski definition) is 0. The van der Waals surface area contributed by atoms with E-state index < -0.39 is 0 Å². The van der Waals surface area contributed by atoms with Crippen molar-refractivity contribution in [2.75, 3.05) is 38.2 Å². The quantitative estimate of drug-likeness (QED) is 0.562. The zero-order valence-corrected chi connectivity index (χ0v) is 13.5. The monoisotopic (exact) mass is 338 g/mol. The van der Waals surface area contributed by atoms with E-state index >= 15 is 0 Å². The number of likely N-dealkylation sites (tertiary alicyclic amines) is 1. The van der Waals surface area contributed by atoms with Gasteiger partial charge in [-0.05, 0) is 72.3 Å². The lowest BCUT2D eigenvalue weighted by Gasteiger charge is -2.41. The molecule has 0 spiro atoms. The summed E-state index contributed by atoms with van der Waals surface area (Å²) in [5, 5.41) is 0. The van der Waals surface area contributed by atoms with E-state index in [1.165, 1.54) is 43.3 Å². The third kappa shape index (κ3) is 4.15. The summed E-state index contributed by atoms with van der Waals surface area (Å²) in [5.41, 5.74) is 0.621. The molecule has 2 nitrogen and oxygen atoms in total. The summed E-state index contributed by atoms with van der Waals surface area (Å²) in [5.74, 6) is 0. The number of piperidine rings is 1. The van der Waals surface area contributed by atoms with Crippen LogP contribution in [0.2, 0.25) is 0 Å². The van der Waals surface area contributed by atoms with Gasteiger partial charge in [0.25, 0.3) is 0 Å². The minimum absolute atomic E-state index is 0.621. The van der Waals surface area contributed by atoms with Crippen LogP contribution in [0.5, 0.6) is 0 Å². The zero-order valence-electron chi connectivity index (χ0n) is 11.3. The Bertz CT molecular complexity index is 198. The van der Waals surface area contributed by atoms with Crippen LogP contribution in [0, 0.1) is 5.41 Å². The summed E-state index contributed by atoms with van der Waals surface area (Å²) in [6.07, 6.45) is 4.15. The summed E-state index contributed by atoms with van der Waals surface area (Å²) in [7, 11) is 4.50. The van der Waals surface area contributed by atoms with Crippen molar-refractivity contribution < 1.29 is 0 Å². The van der Waals surface area contributed by atoms with Gasteiger partial charge in [-0.2, -0.15) is 0 Å². The van der Waals surface area contributed by atoms with E-state index in [0.717, 1.165) is 0 Å². The molecule has 1 saturated heterocycles. The molecule has 0 bridgehead atoms. The van der Waals surface area contributed by atoms with Crippen LogP contribution >= 0.6 is 22.6 Å². The first kappa shape index (κ1) is 14.7. The van der Waals surface area contributed by atoms with Crippen molar-refractivity contribution in [1.82, 2.24) is 9.80 Å². The lowest BCUT2D eigenvalue weighted by atomic mass is 9.77. The highest BCUT2D eigenvalue weighted by molar-refractivity contribution is 14.1. The normalized spacial score (nSPS) is 21.9. The Morgan fingerprint density at radius 3 is 2.31 bits per heavy atom. The average Bonchev–Trinajstić information content (AvgIpc) is 2.28. The van der Waals surface area contributed by atoms with Gasteiger partial charge in [0.2, 0.25) is 0 Å². The van der Waals surface area contributed by atoms with Crippen molar-refractivity contribution in [3.63, 3.8) is 0 Å². The number of nitrogens with zero attached hydrogens (tertiary/aromatic N) is 2. The van der Waals surface area contributed by atoms with E-state index in [1.54, 1.807) is 0 Å². The molecule has 96 valence electrons. The van der Waals surface area contributed by atoms with E-state index in [4.69, 9.17) is 0 Å². The minimum atomic E-state index is 0.621. The van der Waals surface area contributed by atoms with Crippen molar-refractivity contribution in [2.24, 2.45) is 5.41 Å². The molecule has 0 amide bonds. The van der Waals surface area contributed by atoms with Gasteiger partial charge in [0.15, 0.2) is 0 Å². The van der Waals surface area contributed by atoms with Crippen LogP contribution in [0.3, 0.4) is 0 Å². The molecule has 0 aromatic heterocycles. The largest absolute Gasteiger partial charge is 0.306 e. The molecular formula is C13H27IN2. The average molecular weight is 338 g/mol. The first-order chi connectivity index (χ1) is 7.49. The van der Waals surface area contributed by atoms with Crippen LogP contribution in [0.1, 0.15) is 33.1 Å². The van der Waals surface area contributed by atoms with Gasteiger partial charge in [0.05, 0.1) is 0 Å². The van der Waals surface area contributed by atoms with Crippen molar-refractivity contribution >= 4 is 22.6 Å². The lowest BCUT2D eigenvalue weighted by Crippen LogP contribution is -2.41. The van der Waals surface area contributed by atoms with Crippen LogP contribution in [0.4, 0.5) is 0 Å². The number of alkyl halides is 1. The van der Waals surface area contributed by atoms with Gasteiger partial charge < -0.3 is 9.80 Å². The summed E-state index contributed by atoms with van der Waals surface area (Å²) in [6.45, 7) is 8.39. The SMILES string of the molecule is CC(C)N(C)CCC1(CI)CCN(C)CC1. The van der Waals surface area contributed by atoms with Crippen LogP contribution in [-0.2, 0) is 0 Å². The zero-order chi connectivity index (χ0) is 12.2. The van der Waals surface area contributed by atoms with Gasteiger partial charge in [-0.3, -0.25) is 0 Å². The fourth-order valence-corrected chi connectivity index (χ4v) is 3.36. The molecule has 0 N–H and O–H groups in total. The Kier molecular flexibility index (Phi) is 6.02. The number of rotatable bonds is 5. The van der Waals surface area contributed by atoms with E-state index in [0.29, 0.717) is 11.5 Å². The predicted octanol–water partition coefficient (Wildman–Crippen LogP) is 2.86. The first-order valence-electron chi connectivity index (χ1n) is 6.44. The van der Waals surface area contributed by atoms with E-state index in [1.807, 2.05) is 0 Å². The summed E-state index contributed by atoms with van der Waals surface area (Å²) >= 11 is 2.59. The maximum atomic E-state index is 2.59. The molecular weight excluding hydrogens is 311 g/mol. The van der Waals surface area contributed by atoms with Crippen molar-refractivity contribution in [2.45, 2.75) is 39.2 Å². The maximum absolute atomic E-state index is 2.59. The Labute approximate surface area is 115 Å². The molecule has 1 aliphatic rings. The molecule has 0 radical (unpaired) electrons. The molecule has 1 rings (SSSR count). The Hall–Kier alpha value is 0.650. The van der Waals surface area contributed by atoms with Gasteiger partial charge in [0, 0.05) is 10.5 Å². The third-order valence-corrected chi connectivity index (χ3v) is 5.83. The third-order valence-electron chi connectivity index (χ3n) is 4.21. The second-order valence-corrected chi connectivity index (χ2v) is 6.52. The van der Waals surface area contributed by atoms with Gasteiger partial charge in [-0.25, -0.2) is 0 Å². The highest BCUT2D eigenvalue weighted by atomic mass is 127. The number of halogens is 1. The predicted molar refractivity (Wildman–Crippen MR) is 80.4 cm³/mol. The molecule has 1 aliphatic heterocycles.